The van der Waals surface area contributed by atoms with Gasteiger partial charge in [-0.05, 0) is 42.7 Å². The molecule has 4 aromatic rings. The van der Waals surface area contributed by atoms with Gasteiger partial charge in [-0.15, -0.1) is 0 Å². The van der Waals surface area contributed by atoms with E-state index in [2.05, 4.69) is 33.5 Å². The van der Waals surface area contributed by atoms with Gasteiger partial charge in [0.2, 0.25) is 5.91 Å². The number of H-pyrrole nitrogens is 1. The van der Waals surface area contributed by atoms with Gasteiger partial charge in [-0.2, -0.15) is 0 Å². The first kappa shape index (κ1) is 17.1. The van der Waals surface area contributed by atoms with Crippen LogP contribution in [0.15, 0.2) is 60.8 Å². The minimum Gasteiger partial charge on any atom is -0.508 e. The van der Waals surface area contributed by atoms with Crippen LogP contribution in [0.1, 0.15) is 17.7 Å². The van der Waals surface area contributed by atoms with Crippen LogP contribution < -0.4 is 5.32 Å². The van der Waals surface area contributed by atoms with Crippen LogP contribution in [0, 0.1) is 0 Å². The third-order valence-corrected chi connectivity index (χ3v) is 4.73. The number of aryl methyl sites for hydroxylation is 1. The van der Waals surface area contributed by atoms with E-state index < -0.39 is 0 Å². The van der Waals surface area contributed by atoms with Crippen LogP contribution in [0.5, 0.6) is 5.75 Å². The summed E-state index contributed by atoms with van der Waals surface area (Å²) < 4.78 is 0. The van der Waals surface area contributed by atoms with Crippen molar-refractivity contribution in [1.82, 2.24) is 15.3 Å². The van der Waals surface area contributed by atoms with Crippen molar-refractivity contribution in [3.8, 4) is 5.75 Å². The Bertz CT molecular complexity index is 1080. The number of aromatic amines is 1. The molecule has 0 aliphatic carbocycles. The van der Waals surface area contributed by atoms with Gasteiger partial charge in [-0.25, -0.2) is 0 Å². The van der Waals surface area contributed by atoms with Crippen molar-refractivity contribution in [2.45, 2.75) is 19.3 Å². The Morgan fingerprint density at radius 3 is 2.67 bits per heavy atom. The molecule has 0 spiro atoms. The van der Waals surface area contributed by atoms with Gasteiger partial charge in [0.05, 0.1) is 11.7 Å². The Balaban J connectivity index is 1.33. The van der Waals surface area contributed by atoms with Gasteiger partial charge in [0.25, 0.3) is 0 Å². The van der Waals surface area contributed by atoms with Crippen molar-refractivity contribution in [2.75, 3.05) is 6.54 Å². The van der Waals surface area contributed by atoms with Gasteiger partial charge in [-0.3, -0.25) is 9.78 Å². The summed E-state index contributed by atoms with van der Waals surface area (Å²) >= 11 is 0. The van der Waals surface area contributed by atoms with Gasteiger partial charge in [0, 0.05) is 34.9 Å². The average Bonchev–Trinajstić information content (AvgIpc) is 3.06. The monoisotopic (exact) mass is 359 g/mol. The number of nitrogens with one attached hydrogen (secondary N) is 2. The van der Waals surface area contributed by atoms with Crippen molar-refractivity contribution >= 4 is 27.7 Å². The normalized spacial score (nSPS) is 11.1. The van der Waals surface area contributed by atoms with E-state index in [1.54, 1.807) is 12.1 Å². The fourth-order valence-corrected chi connectivity index (χ4v) is 3.27. The van der Waals surface area contributed by atoms with Crippen molar-refractivity contribution in [1.29, 1.82) is 0 Å². The Kier molecular flexibility index (Phi) is 4.75. The molecule has 0 radical (unpaired) electrons. The summed E-state index contributed by atoms with van der Waals surface area (Å²) in [6.07, 6.45) is 3.61. The van der Waals surface area contributed by atoms with E-state index in [-0.39, 0.29) is 11.7 Å². The first-order chi connectivity index (χ1) is 13.2. The smallest absolute Gasteiger partial charge is 0.220 e. The summed E-state index contributed by atoms with van der Waals surface area (Å²) in [5.41, 5.74) is 4.11. The minimum absolute atomic E-state index is 0.0228. The molecule has 2 heterocycles. The van der Waals surface area contributed by atoms with Crippen LogP contribution in [0.2, 0.25) is 0 Å². The number of phenols is 1. The summed E-state index contributed by atoms with van der Waals surface area (Å²) in [5, 5.41) is 14.5. The number of phenolic OH excluding ortho intramolecular Hbond substituents is 1. The van der Waals surface area contributed by atoms with Crippen molar-refractivity contribution in [3.05, 3.63) is 72.1 Å². The van der Waals surface area contributed by atoms with E-state index in [1.807, 2.05) is 30.5 Å². The van der Waals surface area contributed by atoms with Crippen LogP contribution >= 0.6 is 0 Å². The predicted octanol–water partition coefficient (Wildman–Crippen LogP) is 3.71. The molecular formula is C22H21N3O2. The van der Waals surface area contributed by atoms with Gasteiger partial charge >= 0.3 is 0 Å². The second kappa shape index (κ2) is 7.50. The Morgan fingerprint density at radius 2 is 1.81 bits per heavy atom. The summed E-state index contributed by atoms with van der Waals surface area (Å²) in [7, 11) is 0. The molecule has 0 fully saturated rings. The van der Waals surface area contributed by atoms with E-state index >= 15 is 0 Å². The van der Waals surface area contributed by atoms with Gasteiger partial charge in [0.1, 0.15) is 5.75 Å². The molecule has 4 rings (SSSR count). The second-order valence-corrected chi connectivity index (χ2v) is 6.66. The molecular weight excluding hydrogens is 338 g/mol. The van der Waals surface area contributed by atoms with Crippen molar-refractivity contribution in [2.24, 2.45) is 0 Å². The molecule has 0 bridgehead atoms. The number of aromatic hydroxyl groups is 1. The number of para-hydroxylation sites is 1. The first-order valence-corrected chi connectivity index (χ1v) is 9.09. The number of amides is 1. The number of benzene rings is 2. The number of nitrogens with zero attached hydrogens (tertiary/aromatic N) is 1. The van der Waals surface area contributed by atoms with Crippen LogP contribution in [-0.2, 0) is 17.6 Å². The largest absolute Gasteiger partial charge is 0.508 e. The van der Waals surface area contributed by atoms with Gasteiger partial charge < -0.3 is 15.4 Å². The van der Waals surface area contributed by atoms with Crippen molar-refractivity contribution < 1.29 is 9.90 Å². The predicted molar refractivity (Wildman–Crippen MR) is 107 cm³/mol. The number of fused-ring (bicyclic) bond motifs is 3. The maximum absolute atomic E-state index is 12.1. The third kappa shape index (κ3) is 3.92. The molecule has 0 aliphatic rings. The number of hydrogen-bond donors (Lipinski definition) is 3. The molecule has 27 heavy (non-hydrogen) atoms. The number of hydrogen-bond acceptors (Lipinski definition) is 3. The SMILES string of the molecule is O=C(CCc1cc2c(cn1)[nH]c1ccccc12)NCCc1ccc(O)cc1. The average molecular weight is 359 g/mol. The lowest BCUT2D eigenvalue weighted by Crippen LogP contribution is -2.25. The zero-order valence-electron chi connectivity index (χ0n) is 14.9. The summed E-state index contributed by atoms with van der Waals surface area (Å²) in [6.45, 7) is 0.582. The maximum atomic E-state index is 12.1. The van der Waals surface area contributed by atoms with E-state index in [9.17, 15) is 9.90 Å². The van der Waals surface area contributed by atoms with Crippen LogP contribution in [0.3, 0.4) is 0 Å². The molecule has 2 aromatic carbocycles. The lowest BCUT2D eigenvalue weighted by Gasteiger charge is -2.06. The second-order valence-electron chi connectivity index (χ2n) is 6.66. The molecule has 1 amide bonds. The number of carbonyl (C=O) groups excluding carboxylic acids is 1. The number of aromatic nitrogens is 2. The number of rotatable bonds is 6. The fourth-order valence-electron chi connectivity index (χ4n) is 3.27. The molecule has 3 N–H and O–H groups in total. The van der Waals surface area contributed by atoms with E-state index in [1.165, 1.54) is 5.39 Å². The standard InChI is InChI=1S/C22H21N3O2/c26-17-8-5-15(6-9-17)11-12-23-22(27)10-7-16-13-19-18-3-1-2-4-20(18)25-21(19)14-24-16/h1-6,8-9,13-14,25-26H,7,10-12H2,(H,23,27). The molecule has 0 atom stereocenters. The molecule has 0 saturated heterocycles. The van der Waals surface area contributed by atoms with Crippen LogP contribution in [0.4, 0.5) is 0 Å². The Morgan fingerprint density at radius 1 is 1.00 bits per heavy atom. The number of pyridine rings is 1. The third-order valence-electron chi connectivity index (χ3n) is 4.73. The number of carbonyl (C=O) groups is 1. The molecule has 5 nitrogen and oxygen atoms in total. The highest BCUT2D eigenvalue weighted by atomic mass is 16.3. The maximum Gasteiger partial charge on any atom is 0.220 e. The zero-order valence-corrected chi connectivity index (χ0v) is 14.9. The highest BCUT2D eigenvalue weighted by Gasteiger charge is 2.07. The zero-order chi connectivity index (χ0) is 18.6. The lowest BCUT2D eigenvalue weighted by molar-refractivity contribution is -0.121. The van der Waals surface area contributed by atoms with Gasteiger partial charge in [-0.1, -0.05) is 30.3 Å². The quantitative estimate of drug-likeness (QED) is 0.491. The lowest BCUT2D eigenvalue weighted by atomic mass is 10.1. The molecule has 2 aromatic heterocycles. The summed E-state index contributed by atoms with van der Waals surface area (Å²) in [5.74, 6) is 0.275. The minimum atomic E-state index is 0.0228. The fraction of sp³-hybridized carbons (Fsp3) is 0.182. The van der Waals surface area contributed by atoms with E-state index in [0.717, 1.165) is 34.1 Å². The Labute approximate surface area is 157 Å². The highest BCUT2D eigenvalue weighted by Crippen LogP contribution is 2.25. The highest BCUT2D eigenvalue weighted by molar-refractivity contribution is 6.06. The Hall–Kier alpha value is -3.34. The first-order valence-electron chi connectivity index (χ1n) is 9.09. The van der Waals surface area contributed by atoms with Crippen LogP contribution in [0.25, 0.3) is 21.8 Å². The van der Waals surface area contributed by atoms with Crippen LogP contribution in [-0.4, -0.2) is 27.5 Å². The molecule has 0 unspecified atom stereocenters. The molecule has 136 valence electrons. The molecule has 0 aliphatic heterocycles. The van der Waals surface area contributed by atoms with E-state index in [4.69, 9.17) is 0 Å². The topological polar surface area (TPSA) is 78.0 Å². The molecule has 0 saturated carbocycles. The summed E-state index contributed by atoms with van der Waals surface area (Å²) in [6, 6.07) is 17.3. The van der Waals surface area contributed by atoms with Gasteiger partial charge in [0.15, 0.2) is 0 Å². The van der Waals surface area contributed by atoms with E-state index in [0.29, 0.717) is 19.4 Å². The summed E-state index contributed by atoms with van der Waals surface area (Å²) in [4.78, 5) is 19.9. The molecule has 5 heteroatoms. The van der Waals surface area contributed by atoms with Crippen molar-refractivity contribution in [3.63, 3.8) is 0 Å².